The Morgan fingerprint density at radius 2 is 1.80 bits per heavy atom. The van der Waals surface area contributed by atoms with E-state index in [2.05, 4.69) is 0 Å². The number of hydrogen-bond donors (Lipinski definition) is 1. The molecular weight excluding hydrogens is 214 g/mol. The van der Waals surface area contributed by atoms with Crippen LogP contribution in [0, 0.1) is 0 Å². The van der Waals surface area contributed by atoms with E-state index in [4.69, 9.17) is 5.11 Å². The second-order valence-electron chi connectivity index (χ2n) is 4.06. The average molecular weight is 235 g/mol. The van der Waals surface area contributed by atoms with Crippen LogP contribution >= 0.6 is 0 Å². The number of hydrogen-bond acceptors (Lipinski definition) is 3. The molecule has 0 spiro atoms. The summed E-state index contributed by atoms with van der Waals surface area (Å²) in [5, 5.41) is 8.59. The minimum atomic E-state index is -2.93. The standard InChI is InChI=1S/C10H21NO3S/c12-9-5-2-1-3-7-11-8-4-6-10-15(11,13)14/h12H,1-10H2. The van der Waals surface area contributed by atoms with Gasteiger partial charge < -0.3 is 5.11 Å². The van der Waals surface area contributed by atoms with Crippen molar-refractivity contribution in [3.8, 4) is 0 Å². The molecule has 0 amide bonds. The van der Waals surface area contributed by atoms with Crippen molar-refractivity contribution in [3.05, 3.63) is 0 Å². The first-order valence-electron chi connectivity index (χ1n) is 5.75. The largest absolute Gasteiger partial charge is 0.396 e. The molecular formula is C10H21NO3S. The van der Waals surface area contributed by atoms with Gasteiger partial charge in [0.2, 0.25) is 10.0 Å². The summed E-state index contributed by atoms with van der Waals surface area (Å²) in [6.07, 6.45) is 5.54. The van der Waals surface area contributed by atoms with Crippen molar-refractivity contribution in [1.82, 2.24) is 4.31 Å². The summed E-state index contributed by atoms with van der Waals surface area (Å²) in [5.74, 6) is 0.323. The highest BCUT2D eigenvalue weighted by molar-refractivity contribution is 7.89. The van der Waals surface area contributed by atoms with E-state index in [-0.39, 0.29) is 6.61 Å². The summed E-state index contributed by atoms with van der Waals surface area (Å²) in [5.41, 5.74) is 0. The maximum Gasteiger partial charge on any atom is 0.214 e. The van der Waals surface area contributed by atoms with Crippen LogP contribution in [0.4, 0.5) is 0 Å². The summed E-state index contributed by atoms with van der Waals surface area (Å²) < 4.78 is 24.8. The predicted octanol–water partition coefficient (Wildman–Crippen LogP) is 0.965. The number of aliphatic hydroxyl groups excluding tert-OH is 1. The molecule has 1 rings (SSSR count). The molecule has 0 saturated carbocycles. The van der Waals surface area contributed by atoms with Crippen LogP contribution in [0.3, 0.4) is 0 Å². The normalized spacial score (nSPS) is 21.7. The maximum atomic E-state index is 11.6. The Bertz CT molecular complexity index is 264. The van der Waals surface area contributed by atoms with E-state index in [0.29, 0.717) is 18.8 Å². The fourth-order valence-corrected chi connectivity index (χ4v) is 3.49. The number of nitrogens with zero attached hydrogens (tertiary/aromatic N) is 1. The van der Waals surface area contributed by atoms with Crippen molar-refractivity contribution >= 4 is 10.0 Å². The van der Waals surface area contributed by atoms with E-state index >= 15 is 0 Å². The second kappa shape index (κ2) is 6.45. The lowest BCUT2D eigenvalue weighted by molar-refractivity contribution is 0.281. The Balaban J connectivity index is 2.19. The van der Waals surface area contributed by atoms with E-state index < -0.39 is 10.0 Å². The number of sulfonamides is 1. The molecule has 4 nitrogen and oxygen atoms in total. The third-order valence-corrected chi connectivity index (χ3v) is 4.73. The monoisotopic (exact) mass is 235 g/mol. The van der Waals surface area contributed by atoms with Crippen molar-refractivity contribution in [2.45, 2.75) is 38.5 Å². The molecule has 0 aromatic rings. The molecule has 1 fully saturated rings. The van der Waals surface area contributed by atoms with Gasteiger partial charge >= 0.3 is 0 Å². The fourth-order valence-electron chi connectivity index (χ4n) is 1.85. The molecule has 1 N–H and O–H groups in total. The Morgan fingerprint density at radius 1 is 1.07 bits per heavy atom. The molecule has 0 bridgehead atoms. The number of rotatable bonds is 6. The minimum absolute atomic E-state index is 0.238. The highest BCUT2D eigenvalue weighted by Gasteiger charge is 2.24. The lowest BCUT2D eigenvalue weighted by Gasteiger charge is -2.26. The average Bonchev–Trinajstić information content (AvgIpc) is 2.19. The molecule has 0 aliphatic carbocycles. The van der Waals surface area contributed by atoms with Crippen LogP contribution < -0.4 is 0 Å². The number of aliphatic hydroxyl groups is 1. The Kier molecular flexibility index (Phi) is 5.56. The lowest BCUT2D eigenvalue weighted by Crippen LogP contribution is -2.38. The van der Waals surface area contributed by atoms with Gasteiger partial charge in [0.05, 0.1) is 5.75 Å². The van der Waals surface area contributed by atoms with Gasteiger partial charge in [0, 0.05) is 19.7 Å². The first-order chi connectivity index (χ1) is 7.17. The third-order valence-electron chi connectivity index (χ3n) is 2.77. The SMILES string of the molecule is O=S1(=O)CCCCN1CCCCCCO. The van der Waals surface area contributed by atoms with Gasteiger partial charge in [-0.2, -0.15) is 0 Å². The molecule has 0 radical (unpaired) electrons. The van der Waals surface area contributed by atoms with Gasteiger partial charge in [-0.3, -0.25) is 0 Å². The molecule has 0 aromatic heterocycles. The zero-order valence-electron chi connectivity index (χ0n) is 9.19. The van der Waals surface area contributed by atoms with Crippen LogP contribution in [0.1, 0.15) is 38.5 Å². The quantitative estimate of drug-likeness (QED) is 0.698. The summed E-state index contributed by atoms with van der Waals surface area (Å²) in [6.45, 7) is 1.60. The summed E-state index contributed by atoms with van der Waals surface area (Å²) in [4.78, 5) is 0. The van der Waals surface area contributed by atoms with Gasteiger partial charge in [0.1, 0.15) is 0 Å². The fraction of sp³-hybridized carbons (Fsp3) is 1.00. The first-order valence-corrected chi connectivity index (χ1v) is 7.36. The second-order valence-corrected chi connectivity index (χ2v) is 6.15. The van der Waals surface area contributed by atoms with Crippen LogP contribution in [-0.2, 0) is 10.0 Å². The van der Waals surface area contributed by atoms with Crippen LogP contribution in [-0.4, -0.2) is 43.3 Å². The molecule has 0 aromatic carbocycles. The maximum absolute atomic E-state index is 11.6. The minimum Gasteiger partial charge on any atom is -0.396 e. The number of unbranched alkanes of at least 4 members (excludes halogenated alkanes) is 3. The molecule has 5 heteroatoms. The summed E-state index contributed by atoms with van der Waals surface area (Å²) in [7, 11) is -2.93. The smallest absolute Gasteiger partial charge is 0.214 e. The van der Waals surface area contributed by atoms with E-state index in [0.717, 1.165) is 38.5 Å². The third kappa shape index (κ3) is 4.49. The topological polar surface area (TPSA) is 57.6 Å². The van der Waals surface area contributed by atoms with E-state index in [1.807, 2.05) is 0 Å². The summed E-state index contributed by atoms with van der Waals surface area (Å²) in [6, 6.07) is 0. The molecule has 0 atom stereocenters. The molecule has 90 valence electrons. The van der Waals surface area contributed by atoms with E-state index in [9.17, 15) is 8.42 Å². The van der Waals surface area contributed by atoms with Crippen molar-refractivity contribution < 1.29 is 13.5 Å². The van der Waals surface area contributed by atoms with Gasteiger partial charge in [-0.15, -0.1) is 0 Å². The Labute approximate surface area is 92.3 Å². The zero-order chi connectivity index (χ0) is 11.1. The van der Waals surface area contributed by atoms with Gasteiger partial charge in [0.15, 0.2) is 0 Å². The predicted molar refractivity (Wildman–Crippen MR) is 60.1 cm³/mol. The van der Waals surface area contributed by atoms with Crippen LogP contribution in [0.15, 0.2) is 0 Å². The summed E-state index contributed by atoms with van der Waals surface area (Å²) >= 11 is 0. The molecule has 15 heavy (non-hydrogen) atoms. The zero-order valence-corrected chi connectivity index (χ0v) is 10.0. The molecule has 0 unspecified atom stereocenters. The van der Waals surface area contributed by atoms with Crippen LogP contribution in [0.25, 0.3) is 0 Å². The molecule has 1 aliphatic heterocycles. The molecule has 1 saturated heterocycles. The molecule has 1 aliphatic rings. The van der Waals surface area contributed by atoms with Crippen molar-refractivity contribution in [2.24, 2.45) is 0 Å². The van der Waals surface area contributed by atoms with Crippen molar-refractivity contribution in [2.75, 3.05) is 25.4 Å². The van der Waals surface area contributed by atoms with Crippen LogP contribution in [0.2, 0.25) is 0 Å². The highest BCUT2D eigenvalue weighted by Crippen LogP contribution is 2.14. The van der Waals surface area contributed by atoms with Gasteiger partial charge in [-0.1, -0.05) is 12.8 Å². The van der Waals surface area contributed by atoms with Crippen molar-refractivity contribution in [1.29, 1.82) is 0 Å². The first kappa shape index (κ1) is 12.9. The van der Waals surface area contributed by atoms with E-state index in [1.165, 1.54) is 0 Å². The highest BCUT2D eigenvalue weighted by atomic mass is 32.2. The van der Waals surface area contributed by atoms with Crippen molar-refractivity contribution in [3.63, 3.8) is 0 Å². The lowest BCUT2D eigenvalue weighted by atomic mass is 10.2. The van der Waals surface area contributed by atoms with Gasteiger partial charge in [-0.25, -0.2) is 12.7 Å². The van der Waals surface area contributed by atoms with E-state index in [1.54, 1.807) is 4.31 Å². The van der Waals surface area contributed by atoms with Gasteiger partial charge in [-0.05, 0) is 25.7 Å². The Hall–Kier alpha value is -0.130. The Morgan fingerprint density at radius 3 is 2.47 bits per heavy atom. The van der Waals surface area contributed by atoms with Crippen LogP contribution in [0.5, 0.6) is 0 Å². The molecule has 1 heterocycles. The van der Waals surface area contributed by atoms with Gasteiger partial charge in [0.25, 0.3) is 0 Å².